The fourth-order valence-electron chi connectivity index (χ4n) is 3.85. The first kappa shape index (κ1) is 24.3. The summed E-state index contributed by atoms with van der Waals surface area (Å²) >= 11 is 1.59. The summed E-state index contributed by atoms with van der Waals surface area (Å²) in [5.74, 6) is 0.0869. The molecule has 2 aromatic carbocycles. The van der Waals surface area contributed by atoms with Crippen molar-refractivity contribution >= 4 is 29.9 Å². The highest BCUT2D eigenvalue weighted by Crippen LogP contribution is 2.40. The molecule has 33 heavy (non-hydrogen) atoms. The first-order chi connectivity index (χ1) is 16.1. The molecule has 3 rings (SSSR count). The third-order valence-corrected chi connectivity index (χ3v) is 6.26. The fourth-order valence-corrected chi connectivity index (χ4v) is 4.69. The van der Waals surface area contributed by atoms with Gasteiger partial charge in [-0.1, -0.05) is 60.7 Å². The summed E-state index contributed by atoms with van der Waals surface area (Å²) in [5, 5.41) is 5.96. The van der Waals surface area contributed by atoms with Crippen LogP contribution in [0.4, 0.5) is 0 Å². The smallest absolute Gasteiger partial charge is 0.336 e. The van der Waals surface area contributed by atoms with Gasteiger partial charge >= 0.3 is 5.97 Å². The van der Waals surface area contributed by atoms with Gasteiger partial charge in [-0.3, -0.25) is 9.59 Å². The number of carbonyl (C=O) groups excluding carboxylic acids is 3. The van der Waals surface area contributed by atoms with Gasteiger partial charge in [-0.05, 0) is 19.4 Å². The van der Waals surface area contributed by atoms with Crippen LogP contribution in [0.1, 0.15) is 35.7 Å². The maximum absolute atomic E-state index is 13.6. The number of dihydropyridines is 1. The van der Waals surface area contributed by atoms with Crippen LogP contribution in [-0.2, 0) is 14.3 Å². The molecule has 7 heteroatoms. The molecule has 0 saturated carbocycles. The molecule has 2 aromatic rings. The summed E-state index contributed by atoms with van der Waals surface area (Å²) < 4.78 is 5.44. The van der Waals surface area contributed by atoms with E-state index in [1.165, 1.54) is 0 Å². The minimum absolute atomic E-state index is 0.127. The van der Waals surface area contributed by atoms with Crippen molar-refractivity contribution in [3.8, 4) is 0 Å². The van der Waals surface area contributed by atoms with E-state index >= 15 is 0 Å². The lowest BCUT2D eigenvalue weighted by atomic mass is 9.77. The summed E-state index contributed by atoms with van der Waals surface area (Å²) in [6.45, 7) is 4.40. The van der Waals surface area contributed by atoms with Crippen LogP contribution >= 0.6 is 11.8 Å². The van der Waals surface area contributed by atoms with Crippen molar-refractivity contribution in [3.63, 3.8) is 0 Å². The average molecular weight is 465 g/mol. The second kappa shape index (κ2) is 12.1. The summed E-state index contributed by atoms with van der Waals surface area (Å²) in [6, 6.07) is 18.7. The molecule has 1 atom stereocenters. The second-order valence-corrected chi connectivity index (χ2v) is 8.54. The Morgan fingerprint density at radius 1 is 1.06 bits per heavy atom. The third-order valence-electron chi connectivity index (χ3n) is 5.27. The maximum Gasteiger partial charge on any atom is 0.336 e. The molecule has 0 spiro atoms. The van der Waals surface area contributed by atoms with Gasteiger partial charge in [-0.15, -0.1) is 0 Å². The van der Waals surface area contributed by atoms with Crippen LogP contribution in [0.15, 0.2) is 83.2 Å². The predicted molar refractivity (Wildman–Crippen MR) is 131 cm³/mol. The first-order valence-corrected chi connectivity index (χ1v) is 12.0. The van der Waals surface area contributed by atoms with Crippen LogP contribution in [0.5, 0.6) is 0 Å². The molecule has 1 aliphatic heterocycles. The van der Waals surface area contributed by atoms with Gasteiger partial charge in [0.25, 0.3) is 0 Å². The number of ketones is 1. The molecule has 0 aliphatic carbocycles. The number of hydrogen-bond acceptors (Lipinski definition) is 6. The van der Waals surface area contributed by atoms with Crippen molar-refractivity contribution in [1.82, 2.24) is 10.6 Å². The number of esters is 1. The van der Waals surface area contributed by atoms with Crippen molar-refractivity contribution in [2.75, 3.05) is 24.7 Å². The summed E-state index contributed by atoms with van der Waals surface area (Å²) in [5.41, 5.74) is 3.84. The van der Waals surface area contributed by atoms with E-state index in [0.29, 0.717) is 46.9 Å². The molecule has 1 aliphatic rings. The molecule has 0 bridgehead atoms. The third kappa shape index (κ3) is 5.93. The molecule has 1 unspecified atom stereocenters. The van der Waals surface area contributed by atoms with Gasteiger partial charge in [-0.2, -0.15) is 11.8 Å². The molecule has 0 aromatic heterocycles. The van der Waals surface area contributed by atoms with Gasteiger partial charge in [0.1, 0.15) is 0 Å². The number of allylic oxidation sites excluding steroid dienone is 2. The lowest BCUT2D eigenvalue weighted by Crippen LogP contribution is -2.33. The van der Waals surface area contributed by atoms with E-state index in [9.17, 15) is 14.4 Å². The van der Waals surface area contributed by atoms with Gasteiger partial charge in [0.15, 0.2) is 5.78 Å². The Morgan fingerprint density at radius 2 is 1.73 bits per heavy atom. The Labute approximate surface area is 198 Å². The molecule has 0 radical (unpaired) electrons. The fraction of sp³-hybridized carbons (Fsp3) is 0.269. The van der Waals surface area contributed by atoms with E-state index in [0.717, 1.165) is 11.3 Å². The molecule has 1 heterocycles. The largest absolute Gasteiger partial charge is 0.463 e. The Morgan fingerprint density at radius 3 is 2.36 bits per heavy atom. The van der Waals surface area contributed by atoms with E-state index in [1.54, 1.807) is 30.8 Å². The molecule has 172 valence electrons. The van der Waals surface area contributed by atoms with Crippen molar-refractivity contribution in [2.45, 2.75) is 19.8 Å². The van der Waals surface area contributed by atoms with E-state index < -0.39 is 11.9 Å². The molecule has 2 N–H and O–H groups in total. The lowest BCUT2D eigenvalue weighted by Gasteiger charge is -2.32. The molecule has 1 amide bonds. The number of Topliss-reactive ketones (excluding diaryl/α,β-unsaturated/α-hetero) is 1. The minimum atomic E-state index is -0.553. The van der Waals surface area contributed by atoms with Crippen LogP contribution in [0.2, 0.25) is 0 Å². The standard InChI is InChI=1S/C26H28N2O4S/c1-3-32-26(31)24-21(16-33-15-14-27-17-29)28-18(2)22(23(24)19-10-6-4-7-11-19)25(30)20-12-8-5-9-13-20/h4-13,17,23,28H,3,14-16H2,1-2H3,(H,27,29). The van der Waals surface area contributed by atoms with Gasteiger partial charge in [-0.25, -0.2) is 4.79 Å². The highest BCUT2D eigenvalue weighted by molar-refractivity contribution is 7.99. The van der Waals surface area contributed by atoms with Crippen LogP contribution in [0.3, 0.4) is 0 Å². The predicted octanol–water partition coefficient (Wildman–Crippen LogP) is 3.83. The molecular formula is C26H28N2O4S. The van der Waals surface area contributed by atoms with Crippen molar-refractivity contribution in [1.29, 1.82) is 0 Å². The van der Waals surface area contributed by atoms with Crippen LogP contribution < -0.4 is 10.6 Å². The van der Waals surface area contributed by atoms with Gasteiger partial charge in [0.05, 0.1) is 12.2 Å². The average Bonchev–Trinajstić information content (AvgIpc) is 2.84. The highest BCUT2D eigenvalue weighted by atomic mass is 32.2. The second-order valence-electron chi connectivity index (χ2n) is 7.44. The number of benzene rings is 2. The van der Waals surface area contributed by atoms with Crippen LogP contribution in [0.25, 0.3) is 0 Å². The molecule has 0 fully saturated rings. The first-order valence-electron chi connectivity index (χ1n) is 10.9. The quantitative estimate of drug-likeness (QED) is 0.228. The number of nitrogens with one attached hydrogen (secondary N) is 2. The molecule has 0 saturated heterocycles. The topological polar surface area (TPSA) is 84.5 Å². The lowest BCUT2D eigenvalue weighted by molar-refractivity contribution is -0.138. The van der Waals surface area contributed by atoms with Crippen LogP contribution in [0, 0.1) is 0 Å². The Hall–Kier alpha value is -3.32. The summed E-state index contributed by atoms with van der Waals surface area (Å²) in [4.78, 5) is 37.4. The van der Waals surface area contributed by atoms with E-state index in [2.05, 4.69) is 10.6 Å². The Balaban J connectivity index is 2.08. The van der Waals surface area contributed by atoms with E-state index in [4.69, 9.17) is 4.74 Å². The van der Waals surface area contributed by atoms with E-state index in [1.807, 2.05) is 55.5 Å². The zero-order valence-electron chi connectivity index (χ0n) is 18.8. The van der Waals surface area contributed by atoms with Crippen molar-refractivity contribution in [3.05, 3.63) is 94.3 Å². The Kier molecular flexibility index (Phi) is 8.89. The van der Waals surface area contributed by atoms with Gasteiger partial charge in [0.2, 0.25) is 6.41 Å². The highest BCUT2D eigenvalue weighted by Gasteiger charge is 2.38. The number of rotatable bonds is 11. The maximum atomic E-state index is 13.6. The number of thioether (sulfide) groups is 1. The Bertz CT molecular complexity index is 1050. The number of ether oxygens (including phenoxy) is 1. The van der Waals surface area contributed by atoms with Crippen LogP contribution in [-0.4, -0.2) is 42.8 Å². The normalized spacial score (nSPS) is 15.6. The van der Waals surface area contributed by atoms with Crippen molar-refractivity contribution < 1.29 is 19.1 Å². The minimum Gasteiger partial charge on any atom is -0.463 e. The van der Waals surface area contributed by atoms with Crippen molar-refractivity contribution in [2.24, 2.45) is 0 Å². The van der Waals surface area contributed by atoms with E-state index in [-0.39, 0.29) is 12.4 Å². The summed E-state index contributed by atoms with van der Waals surface area (Å²) in [7, 11) is 0. The zero-order valence-corrected chi connectivity index (χ0v) is 19.6. The number of amides is 1. The number of hydrogen-bond donors (Lipinski definition) is 2. The number of carbonyl (C=O) groups is 3. The molecular weight excluding hydrogens is 436 g/mol. The zero-order chi connectivity index (χ0) is 23.6. The monoisotopic (exact) mass is 464 g/mol. The SMILES string of the molecule is CCOC(=O)C1=C(CSCCNC=O)NC(C)=C(C(=O)c2ccccc2)C1c1ccccc1. The van der Waals surface area contributed by atoms with Gasteiger partial charge in [0, 0.05) is 46.5 Å². The summed E-state index contributed by atoms with van der Waals surface area (Å²) in [6.07, 6.45) is 0.669. The van der Waals surface area contributed by atoms with Gasteiger partial charge < -0.3 is 15.4 Å². The molecule has 6 nitrogen and oxygen atoms in total.